The van der Waals surface area contributed by atoms with Crippen molar-refractivity contribution in [2.75, 3.05) is 0 Å². The van der Waals surface area contributed by atoms with Gasteiger partial charge in [0.1, 0.15) is 23.7 Å². The molecule has 110 valence electrons. The van der Waals surface area contributed by atoms with Gasteiger partial charge in [0.15, 0.2) is 5.79 Å². The van der Waals surface area contributed by atoms with Crippen LogP contribution in [0, 0.1) is 0 Å². The Labute approximate surface area is 123 Å². The van der Waals surface area contributed by atoms with Crippen LogP contribution in [-0.2, 0) is 14.2 Å². The zero-order valence-electron chi connectivity index (χ0n) is 11.9. The van der Waals surface area contributed by atoms with E-state index in [0.717, 1.165) is 4.90 Å². The lowest BCUT2D eigenvalue weighted by molar-refractivity contribution is -0.159. The number of benzene rings is 1. The lowest BCUT2D eigenvalue weighted by Crippen LogP contribution is -2.54. The third-order valence-corrected chi connectivity index (χ3v) is 4.75. The molecule has 1 aromatic carbocycles. The Kier molecular flexibility index (Phi) is 3.81. The van der Waals surface area contributed by atoms with Crippen LogP contribution in [0.2, 0.25) is 0 Å². The van der Waals surface area contributed by atoms with Crippen LogP contribution in [0.1, 0.15) is 20.8 Å². The molecule has 2 fully saturated rings. The number of fused-ring (bicyclic) bond motifs is 1. The second-order valence-corrected chi connectivity index (χ2v) is 6.87. The first-order chi connectivity index (χ1) is 9.46. The van der Waals surface area contributed by atoms with Gasteiger partial charge in [-0.15, -0.1) is 0 Å². The number of ether oxygens (including phenoxy) is 3. The fourth-order valence-corrected chi connectivity index (χ4v) is 3.81. The Morgan fingerprint density at radius 1 is 1.10 bits per heavy atom. The standard InChI is InChI=1S/C15H20O4S/c1-9-11(16)12-13(19-15(2,3)18-12)14(17-9)20-10-7-5-4-6-8-10/h4-9,11-14,16H,1-3H3/t9?,11-,12?,13?,14-/m1/s1. The average molecular weight is 296 g/mol. The largest absolute Gasteiger partial charge is 0.388 e. The first kappa shape index (κ1) is 14.4. The molecule has 0 radical (unpaired) electrons. The van der Waals surface area contributed by atoms with Gasteiger partial charge in [-0.2, -0.15) is 0 Å². The fourth-order valence-electron chi connectivity index (χ4n) is 2.66. The molecule has 2 saturated heterocycles. The Morgan fingerprint density at radius 3 is 2.45 bits per heavy atom. The van der Waals surface area contributed by atoms with E-state index in [1.165, 1.54) is 0 Å². The van der Waals surface area contributed by atoms with E-state index in [-0.39, 0.29) is 23.7 Å². The van der Waals surface area contributed by atoms with Crippen molar-refractivity contribution in [1.82, 2.24) is 0 Å². The summed E-state index contributed by atoms with van der Waals surface area (Å²) >= 11 is 1.61. The molecule has 0 amide bonds. The number of hydrogen-bond donors (Lipinski definition) is 1. The summed E-state index contributed by atoms with van der Waals surface area (Å²) in [6.45, 7) is 5.61. The Hall–Kier alpha value is -0.590. The van der Waals surface area contributed by atoms with E-state index in [1.807, 2.05) is 51.1 Å². The van der Waals surface area contributed by atoms with Gasteiger partial charge in [-0.3, -0.25) is 0 Å². The lowest BCUT2D eigenvalue weighted by Gasteiger charge is -2.38. The van der Waals surface area contributed by atoms with Crippen molar-refractivity contribution >= 4 is 11.8 Å². The predicted octanol–water partition coefficient (Wildman–Crippen LogP) is 2.40. The molecule has 20 heavy (non-hydrogen) atoms. The van der Waals surface area contributed by atoms with Crippen molar-refractivity contribution in [2.45, 2.75) is 61.3 Å². The zero-order valence-corrected chi connectivity index (χ0v) is 12.7. The van der Waals surface area contributed by atoms with E-state index in [2.05, 4.69) is 0 Å². The average Bonchev–Trinajstić information content (AvgIpc) is 2.73. The van der Waals surface area contributed by atoms with Gasteiger partial charge < -0.3 is 19.3 Å². The summed E-state index contributed by atoms with van der Waals surface area (Å²) in [4.78, 5) is 1.12. The lowest BCUT2D eigenvalue weighted by atomic mass is 10.0. The summed E-state index contributed by atoms with van der Waals surface area (Å²) in [7, 11) is 0. The van der Waals surface area contributed by atoms with Gasteiger partial charge in [0.25, 0.3) is 0 Å². The van der Waals surface area contributed by atoms with E-state index in [1.54, 1.807) is 11.8 Å². The number of thioether (sulfide) groups is 1. The van der Waals surface area contributed by atoms with Crippen LogP contribution in [0.4, 0.5) is 0 Å². The van der Waals surface area contributed by atoms with E-state index < -0.39 is 11.9 Å². The Balaban J connectivity index is 1.80. The molecule has 0 bridgehead atoms. The molecule has 0 aromatic heterocycles. The molecule has 0 spiro atoms. The molecule has 3 rings (SSSR count). The molecule has 2 heterocycles. The van der Waals surface area contributed by atoms with E-state index in [0.29, 0.717) is 0 Å². The Bertz CT molecular complexity index is 464. The maximum atomic E-state index is 10.2. The van der Waals surface area contributed by atoms with Crippen LogP contribution in [-0.4, -0.2) is 40.7 Å². The minimum absolute atomic E-state index is 0.178. The quantitative estimate of drug-likeness (QED) is 0.908. The summed E-state index contributed by atoms with van der Waals surface area (Å²) in [6.07, 6.45) is -1.53. The topological polar surface area (TPSA) is 47.9 Å². The highest BCUT2D eigenvalue weighted by molar-refractivity contribution is 7.99. The molecular formula is C15H20O4S. The highest BCUT2D eigenvalue weighted by atomic mass is 32.2. The van der Waals surface area contributed by atoms with Crippen molar-refractivity contribution < 1.29 is 19.3 Å². The van der Waals surface area contributed by atoms with Gasteiger partial charge in [-0.25, -0.2) is 0 Å². The van der Waals surface area contributed by atoms with Gasteiger partial charge in [0.2, 0.25) is 0 Å². The summed E-state index contributed by atoms with van der Waals surface area (Å²) in [6, 6.07) is 10.1. The Morgan fingerprint density at radius 2 is 1.75 bits per heavy atom. The number of aliphatic hydroxyl groups is 1. The van der Waals surface area contributed by atoms with Crippen LogP contribution in [0.25, 0.3) is 0 Å². The van der Waals surface area contributed by atoms with Crippen molar-refractivity contribution in [1.29, 1.82) is 0 Å². The van der Waals surface area contributed by atoms with Gasteiger partial charge in [0, 0.05) is 4.90 Å². The van der Waals surface area contributed by atoms with Crippen LogP contribution in [0.5, 0.6) is 0 Å². The van der Waals surface area contributed by atoms with E-state index >= 15 is 0 Å². The van der Waals surface area contributed by atoms with Crippen molar-refractivity contribution in [3.63, 3.8) is 0 Å². The maximum Gasteiger partial charge on any atom is 0.164 e. The van der Waals surface area contributed by atoms with Crippen LogP contribution >= 0.6 is 11.8 Å². The maximum absolute atomic E-state index is 10.2. The molecule has 3 unspecified atom stereocenters. The number of hydrogen-bond acceptors (Lipinski definition) is 5. The van der Waals surface area contributed by atoms with E-state index in [9.17, 15) is 5.11 Å². The molecule has 0 aliphatic carbocycles. The molecule has 5 heteroatoms. The summed E-state index contributed by atoms with van der Waals surface area (Å²) in [5.41, 5.74) is -0.178. The number of aliphatic hydroxyl groups excluding tert-OH is 1. The van der Waals surface area contributed by atoms with Crippen molar-refractivity contribution in [3.05, 3.63) is 30.3 Å². The first-order valence-corrected chi connectivity index (χ1v) is 7.75. The smallest absolute Gasteiger partial charge is 0.164 e. The normalized spacial score (nSPS) is 39.5. The van der Waals surface area contributed by atoms with Gasteiger partial charge in [0.05, 0.1) is 6.10 Å². The molecule has 2 aliphatic heterocycles. The monoisotopic (exact) mass is 296 g/mol. The summed E-state index contributed by atoms with van der Waals surface area (Å²) in [5.74, 6) is -0.681. The zero-order chi connectivity index (χ0) is 14.3. The van der Waals surface area contributed by atoms with Crippen LogP contribution < -0.4 is 0 Å². The molecule has 0 saturated carbocycles. The molecule has 4 nitrogen and oxygen atoms in total. The molecule has 1 N–H and O–H groups in total. The summed E-state index contributed by atoms with van der Waals surface area (Å²) < 4.78 is 17.7. The third-order valence-electron chi connectivity index (χ3n) is 3.59. The predicted molar refractivity (Wildman–Crippen MR) is 76.5 cm³/mol. The molecule has 2 aliphatic rings. The molecular weight excluding hydrogens is 276 g/mol. The van der Waals surface area contributed by atoms with Crippen LogP contribution in [0.3, 0.4) is 0 Å². The van der Waals surface area contributed by atoms with Crippen LogP contribution in [0.15, 0.2) is 35.2 Å². The second-order valence-electron chi connectivity index (χ2n) is 5.70. The first-order valence-electron chi connectivity index (χ1n) is 6.87. The minimum atomic E-state index is -0.681. The summed E-state index contributed by atoms with van der Waals surface area (Å²) in [5, 5.41) is 10.2. The van der Waals surface area contributed by atoms with Gasteiger partial charge >= 0.3 is 0 Å². The number of rotatable bonds is 2. The molecule has 5 atom stereocenters. The minimum Gasteiger partial charge on any atom is -0.388 e. The van der Waals surface area contributed by atoms with Crippen molar-refractivity contribution in [2.24, 2.45) is 0 Å². The van der Waals surface area contributed by atoms with E-state index in [4.69, 9.17) is 14.2 Å². The SMILES string of the molecule is CC1O[C@H](Sc2ccccc2)C2OC(C)(C)OC2[C@@H]1O. The highest BCUT2D eigenvalue weighted by Gasteiger charge is 2.54. The van der Waals surface area contributed by atoms with Crippen molar-refractivity contribution in [3.8, 4) is 0 Å². The third kappa shape index (κ3) is 2.73. The second kappa shape index (κ2) is 5.31. The highest BCUT2D eigenvalue weighted by Crippen LogP contribution is 2.42. The van der Waals surface area contributed by atoms with Gasteiger partial charge in [-0.1, -0.05) is 30.0 Å². The van der Waals surface area contributed by atoms with Gasteiger partial charge in [-0.05, 0) is 32.9 Å². The fraction of sp³-hybridized carbons (Fsp3) is 0.600. The molecule has 1 aromatic rings.